The van der Waals surface area contributed by atoms with Crippen LogP contribution in [0.5, 0.6) is 5.88 Å². The predicted octanol–water partition coefficient (Wildman–Crippen LogP) is 2.62. The minimum Gasteiger partial charge on any atom is -0.481 e. The molecule has 102 valence electrons. The monoisotopic (exact) mass is 267 g/mol. The van der Waals surface area contributed by atoms with Crippen LogP contribution in [-0.2, 0) is 6.42 Å². The van der Waals surface area contributed by atoms with E-state index in [0.29, 0.717) is 11.9 Å². The molecule has 0 spiro atoms. The van der Waals surface area contributed by atoms with Crippen molar-refractivity contribution in [3.05, 3.63) is 47.5 Å². The lowest BCUT2D eigenvalue weighted by atomic mass is 9.91. The van der Waals surface area contributed by atoms with Gasteiger partial charge in [0.05, 0.1) is 18.8 Å². The average Bonchev–Trinajstić information content (AvgIpc) is 2.53. The van der Waals surface area contributed by atoms with Gasteiger partial charge in [-0.3, -0.25) is 0 Å². The first-order valence-electron chi connectivity index (χ1n) is 7.00. The molecule has 2 aliphatic heterocycles. The highest BCUT2D eigenvalue weighted by Crippen LogP contribution is 2.40. The lowest BCUT2D eigenvalue weighted by Gasteiger charge is -2.42. The zero-order valence-electron chi connectivity index (χ0n) is 11.5. The van der Waals surface area contributed by atoms with E-state index in [2.05, 4.69) is 45.5 Å². The lowest BCUT2D eigenvalue weighted by molar-refractivity contribution is 0.397. The summed E-state index contributed by atoms with van der Waals surface area (Å²) < 4.78 is 5.26. The number of rotatable bonds is 1. The van der Waals surface area contributed by atoms with E-state index >= 15 is 0 Å². The minimum absolute atomic E-state index is 0.368. The predicted molar refractivity (Wildman–Crippen MR) is 79.5 cm³/mol. The number of fused-ring (bicyclic) bond motifs is 5. The smallest absolute Gasteiger partial charge is 0.215 e. The molecule has 2 aromatic rings. The first-order valence-corrected chi connectivity index (χ1v) is 7.00. The number of anilines is 2. The molecule has 1 N–H and O–H groups in total. The van der Waals surface area contributed by atoms with Gasteiger partial charge in [-0.25, -0.2) is 0 Å². The molecule has 4 heteroatoms. The van der Waals surface area contributed by atoms with Crippen molar-refractivity contribution in [3.63, 3.8) is 0 Å². The van der Waals surface area contributed by atoms with E-state index in [1.54, 1.807) is 7.11 Å². The molecule has 0 radical (unpaired) electrons. The summed E-state index contributed by atoms with van der Waals surface area (Å²) in [5.74, 6) is 1.68. The Morgan fingerprint density at radius 1 is 1.25 bits per heavy atom. The molecule has 1 aromatic carbocycles. The summed E-state index contributed by atoms with van der Waals surface area (Å²) in [6.45, 7) is 1.94. The molecule has 4 rings (SSSR count). The Morgan fingerprint density at radius 2 is 2.15 bits per heavy atom. The second kappa shape index (κ2) is 4.40. The van der Waals surface area contributed by atoms with Gasteiger partial charge in [-0.15, -0.1) is 0 Å². The summed E-state index contributed by atoms with van der Waals surface area (Å²) in [6, 6.07) is 13.0. The van der Waals surface area contributed by atoms with E-state index in [4.69, 9.17) is 4.74 Å². The molecule has 0 aliphatic carbocycles. The number of pyridine rings is 1. The summed E-state index contributed by atoms with van der Waals surface area (Å²) in [5.41, 5.74) is 3.98. The summed E-state index contributed by atoms with van der Waals surface area (Å²) in [6.07, 6.45) is 1.07. The Balaban J connectivity index is 1.80. The van der Waals surface area contributed by atoms with Gasteiger partial charge in [0.1, 0.15) is 0 Å². The number of hydrogen-bond donors (Lipinski definition) is 1. The van der Waals surface area contributed by atoms with Gasteiger partial charge in [0.15, 0.2) is 5.82 Å². The van der Waals surface area contributed by atoms with Crippen LogP contribution in [0.1, 0.15) is 17.2 Å². The molecule has 0 amide bonds. The van der Waals surface area contributed by atoms with Crippen LogP contribution in [0.3, 0.4) is 0 Å². The number of hydrogen-bond acceptors (Lipinski definition) is 4. The van der Waals surface area contributed by atoms with Crippen LogP contribution >= 0.6 is 0 Å². The number of benzene rings is 1. The van der Waals surface area contributed by atoms with Crippen LogP contribution in [0.15, 0.2) is 36.4 Å². The minimum atomic E-state index is 0.368. The quantitative estimate of drug-likeness (QED) is 0.862. The Labute approximate surface area is 118 Å². The van der Waals surface area contributed by atoms with Gasteiger partial charge in [-0.1, -0.05) is 24.3 Å². The number of nitrogens with one attached hydrogen (secondary N) is 1. The van der Waals surface area contributed by atoms with Crippen LogP contribution in [-0.4, -0.2) is 25.2 Å². The molecule has 1 unspecified atom stereocenters. The van der Waals surface area contributed by atoms with Gasteiger partial charge in [0.25, 0.3) is 0 Å². The zero-order valence-corrected chi connectivity index (χ0v) is 11.5. The van der Waals surface area contributed by atoms with E-state index in [-0.39, 0.29) is 0 Å². The highest BCUT2D eigenvalue weighted by atomic mass is 16.5. The maximum absolute atomic E-state index is 5.26. The van der Waals surface area contributed by atoms with E-state index in [0.717, 1.165) is 31.0 Å². The van der Waals surface area contributed by atoms with E-state index < -0.39 is 0 Å². The van der Waals surface area contributed by atoms with E-state index in [1.165, 1.54) is 11.1 Å². The van der Waals surface area contributed by atoms with Gasteiger partial charge < -0.3 is 15.0 Å². The molecular formula is C16H17N3O. The fourth-order valence-corrected chi connectivity index (χ4v) is 3.23. The summed E-state index contributed by atoms with van der Waals surface area (Å²) in [7, 11) is 1.66. The number of methoxy groups -OCH3 is 1. The third-order valence-electron chi connectivity index (χ3n) is 4.23. The van der Waals surface area contributed by atoms with Crippen LogP contribution in [0, 0.1) is 0 Å². The molecule has 0 saturated carbocycles. The Hall–Kier alpha value is -2.23. The van der Waals surface area contributed by atoms with Gasteiger partial charge in [0, 0.05) is 19.2 Å². The molecule has 0 fully saturated rings. The van der Waals surface area contributed by atoms with Crippen molar-refractivity contribution in [2.75, 3.05) is 30.4 Å². The molecule has 0 bridgehead atoms. The molecule has 1 aromatic heterocycles. The molecule has 0 saturated heterocycles. The van der Waals surface area contributed by atoms with Crippen molar-refractivity contribution in [1.29, 1.82) is 0 Å². The summed E-state index contributed by atoms with van der Waals surface area (Å²) in [5, 5.41) is 3.49. The topological polar surface area (TPSA) is 37.4 Å². The van der Waals surface area contributed by atoms with Gasteiger partial charge in [-0.05, 0) is 23.6 Å². The van der Waals surface area contributed by atoms with Crippen molar-refractivity contribution in [1.82, 2.24) is 4.98 Å². The second-order valence-corrected chi connectivity index (χ2v) is 5.26. The van der Waals surface area contributed by atoms with Gasteiger partial charge in [0.2, 0.25) is 5.88 Å². The molecule has 1 atom stereocenters. The number of nitrogens with zero attached hydrogens (tertiary/aromatic N) is 2. The van der Waals surface area contributed by atoms with Crippen molar-refractivity contribution in [2.45, 2.75) is 12.5 Å². The lowest BCUT2D eigenvalue weighted by Crippen LogP contribution is -2.42. The Kier molecular flexibility index (Phi) is 2.55. The average molecular weight is 267 g/mol. The van der Waals surface area contributed by atoms with Crippen molar-refractivity contribution in [2.24, 2.45) is 0 Å². The SMILES string of the molecule is COc1ccc2c(n1)N1CCc3ccccc3C1CN2. The number of aromatic nitrogens is 1. The van der Waals surface area contributed by atoms with Crippen molar-refractivity contribution in [3.8, 4) is 5.88 Å². The highest BCUT2D eigenvalue weighted by molar-refractivity contribution is 5.71. The zero-order chi connectivity index (χ0) is 13.5. The summed E-state index contributed by atoms with van der Waals surface area (Å²) in [4.78, 5) is 7.03. The molecule has 4 nitrogen and oxygen atoms in total. The van der Waals surface area contributed by atoms with E-state index in [1.807, 2.05) is 6.07 Å². The Bertz CT molecular complexity index is 656. The standard InChI is InChI=1S/C16H17N3O/c1-20-15-7-6-13-16(18-15)19-9-8-11-4-2-3-5-12(11)14(19)10-17-13/h2-7,14,17H,8-10H2,1H3. The fraction of sp³-hybridized carbons (Fsp3) is 0.312. The van der Waals surface area contributed by atoms with Crippen LogP contribution in [0.25, 0.3) is 0 Å². The second-order valence-electron chi connectivity index (χ2n) is 5.26. The normalized spacial score (nSPS) is 19.4. The largest absolute Gasteiger partial charge is 0.481 e. The van der Waals surface area contributed by atoms with Crippen LogP contribution in [0.2, 0.25) is 0 Å². The van der Waals surface area contributed by atoms with Gasteiger partial charge >= 0.3 is 0 Å². The highest BCUT2D eigenvalue weighted by Gasteiger charge is 2.32. The third-order valence-corrected chi connectivity index (χ3v) is 4.23. The first kappa shape index (κ1) is 11.6. The molecule has 2 aliphatic rings. The fourth-order valence-electron chi connectivity index (χ4n) is 3.23. The first-order chi connectivity index (χ1) is 9.86. The van der Waals surface area contributed by atoms with Crippen LogP contribution < -0.4 is 15.0 Å². The third kappa shape index (κ3) is 1.64. The van der Waals surface area contributed by atoms with E-state index in [9.17, 15) is 0 Å². The summed E-state index contributed by atoms with van der Waals surface area (Å²) >= 11 is 0. The maximum atomic E-state index is 5.26. The molecular weight excluding hydrogens is 250 g/mol. The molecule has 20 heavy (non-hydrogen) atoms. The van der Waals surface area contributed by atoms with Crippen LogP contribution in [0.4, 0.5) is 11.5 Å². The number of ether oxygens (including phenoxy) is 1. The Morgan fingerprint density at radius 3 is 3.05 bits per heavy atom. The van der Waals surface area contributed by atoms with Gasteiger partial charge in [-0.2, -0.15) is 4.98 Å². The van der Waals surface area contributed by atoms with Crippen molar-refractivity contribution < 1.29 is 4.74 Å². The maximum Gasteiger partial charge on any atom is 0.215 e. The van der Waals surface area contributed by atoms with Crippen molar-refractivity contribution >= 4 is 11.5 Å². The molecule has 3 heterocycles.